The van der Waals surface area contributed by atoms with E-state index in [-0.39, 0.29) is 41.4 Å². The van der Waals surface area contributed by atoms with Crippen LogP contribution < -0.4 is 10.1 Å². The first kappa shape index (κ1) is 29.2. The molecular weight excluding hydrogens is 543 g/mol. The van der Waals surface area contributed by atoms with Gasteiger partial charge in [-0.05, 0) is 57.1 Å². The van der Waals surface area contributed by atoms with Gasteiger partial charge in [-0.2, -0.15) is 13.2 Å². The number of hydrogen-bond donors (Lipinski definition) is 1. The van der Waals surface area contributed by atoms with E-state index in [4.69, 9.17) is 4.74 Å². The minimum absolute atomic E-state index is 0.0441. The third-order valence-electron chi connectivity index (χ3n) is 6.43. The van der Waals surface area contributed by atoms with Gasteiger partial charge in [0, 0.05) is 12.1 Å². The lowest BCUT2D eigenvalue weighted by atomic mass is 10.1. The van der Waals surface area contributed by atoms with E-state index in [0.29, 0.717) is 27.3 Å². The van der Waals surface area contributed by atoms with Crippen LogP contribution in [0.3, 0.4) is 0 Å². The number of amidine groups is 2. The molecule has 0 bridgehead atoms. The highest BCUT2D eigenvalue weighted by Crippen LogP contribution is 2.44. The zero-order chi connectivity index (χ0) is 29.2. The molecule has 0 spiro atoms. The molecule has 4 rings (SSSR count). The highest BCUT2D eigenvalue weighted by Gasteiger charge is 2.48. The zero-order valence-electron chi connectivity index (χ0n) is 22.8. The molecule has 1 N–H and O–H groups in total. The van der Waals surface area contributed by atoms with E-state index in [1.807, 2.05) is 12.3 Å². The van der Waals surface area contributed by atoms with Gasteiger partial charge in [0.05, 0.1) is 41.3 Å². The monoisotopic (exact) mass is 573 g/mol. The Morgan fingerprint density at radius 2 is 2.00 bits per heavy atom. The number of amides is 1. The van der Waals surface area contributed by atoms with Gasteiger partial charge >= 0.3 is 6.18 Å². The van der Waals surface area contributed by atoms with Crippen LogP contribution in [0.5, 0.6) is 5.88 Å². The number of thioether (sulfide) groups is 1. The molecule has 40 heavy (non-hydrogen) atoms. The Morgan fingerprint density at radius 3 is 2.55 bits per heavy atom. The molecule has 2 aromatic heterocycles. The predicted octanol–water partition coefficient (Wildman–Crippen LogP) is 5.12. The highest BCUT2D eigenvalue weighted by molar-refractivity contribution is 7.98. The Kier molecular flexibility index (Phi) is 8.62. The maximum absolute atomic E-state index is 14.1. The summed E-state index contributed by atoms with van der Waals surface area (Å²) in [6.07, 6.45) is 1.95. The maximum Gasteiger partial charge on any atom is 0.409 e. The number of rotatable bonds is 8. The quantitative estimate of drug-likeness (QED) is 0.437. The lowest BCUT2D eigenvalue weighted by Gasteiger charge is -2.37. The predicted molar refractivity (Wildman–Crippen MR) is 148 cm³/mol. The summed E-state index contributed by atoms with van der Waals surface area (Å²) in [6.45, 7) is 8.39. The summed E-state index contributed by atoms with van der Waals surface area (Å²) in [6, 6.07) is 1.41. The molecule has 13 heteroatoms. The molecule has 3 heterocycles. The molecule has 9 nitrogen and oxygen atoms in total. The van der Waals surface area contributed by atoms with Crippen molar-refractivity contribution in [3.63, 3.8) is 0 Å². The number of aromatic nitrogens is 3. The normalized spacial score (nSPS) is 18.6. The number of piperazine rings is 1. The second-order valence-corrected chi connectivity index (χ2v) is 10.4. The number of methoxy groups -OCH3 is 1. The SMILES string of the molecule is C=C(N=C1C(=C(C)C)NC(=NCc2ccc(SC)nc2)C(=O)N1[C@@H](C)C(F)(F)F)c1c(OC)ncnc1C1CC1. The van der Waals surface area contributed by atoms with Crippen LogP contribution in [0.15, 0.2) is 57.5 Å². The molecule has 1 saturated heterocycles. The number of carbonyl (C=O) groups excluding carboxylic acids is 1. The van der Waals surface area contributed by atoms with Gasteiger partial charge in [0.1, 0.15) is 12.4 Å². The summed E-state index contributed by atoms with van der Waals surface area (Å²) in [4.78, 5) is 35.8. The molecule has 2 fully saturated rings. The molecule has 1 saturated carbocycles. The molecule has 0 unspecified atom stereocenters. The number of carbonyl (C=O) groups is 1. The van der Waals surface area contributed by atoms with Crippen LogP contribution in [0.2, 0.25) is 0 Å². The third kappa shape index (κ3) is 6.19. The van der Waals surface area contributed by atoms with E-state index in [0.717, 1.165) is 24.8 Å². The van der Waals surface area contributed by atoms with Crippen molar-refractivity contribution in [3.05, 3.63) is 59.3 Å². The summed E-state index contributed by atoms with van der Waals surface area (Å²) in [5.41, 5.74) is 2.66. The Hall–Kier alpha value is -3.74. The maximum atomic E-state index is 14.1. The van der Waals surface area contributed by atoms with Gasteiger partial charge in [-0.1, -0.05) is 12.6 Å². The molecule has 1 aliphatic heterocycles. The van der Waals surface area contributed by atoms with Gasteiger partial charge in [-0.15, -0.1) is 11.8 Å². The number of allylic oxidation sites excluding steroid dienone is 1. The number of hydrogen-bond acceptors (Lipinski definition) is 8. The first-order chi connectivity index (χ1) is 19.0. The van der Waals surface area contributed by atoms with Gasteiger partial charge in [-0.25, -0.2) is 19.9 Å². The molecule has 0 aromatic carbocycles. The molecule has 2 aromatic rings. The van der Waals surface area contributed by atoms with Gasteiger partial charge in [0.2, 0.25) is 5.88 Å². The van der Waals surface area contributed by atoms with Gasteiger partial charge in [-0.3, -0.25) is 14.7 Å². The second kappa shape index (κ2) is 11.8. The van der Waals surface area contributed by atoms with Crippen molar-refractivity contribution in [2.75, 3.05) is 13.4 Å². The number of ether oxygens (including phenoxy) is 1. The number of aliphatic imine (C=N–C) groups is 2. The van der Waals surface area contributed by atoms with Crippen molar-refractivity contribution in [1.82, 2.24) is 25.2 Å². The van der Waals surface area contributed by atoms with Crippen molar-refractivity contribution in [1.29, 1.82) is 0 Å². The van der Waals surface area contributed by atoms with Crippen molar-refractivity contribution in [2.45, 2.75) is 63.3 Å². The lowest BCUT2D eigenvalue weighted by Crippen LogP contribution is -2.60. The van der Waals surface area contributed by atoms with Crippen molar-refractivity contribution >= 4 is 35.0 Å². The van der Waals surface area contributed by atoms with E-state index in [1.54, 1.807) is 26.1 Å². The van der Waals surface area contributed by atoms with E-state index in [2.05, 4.69) is 36.8 Å². The minimum atomic E-state index is -4.74. The molecule has 0 radical (unpaired) electrons. The first-order valence-electron chi connectivity index (χ1n) is 12.5. The fraction of sp³-hybridized carbons (Fsp3) is 0.407. The number of halogens is 3. The van der Waals surface area contributed by atoms with E-state index >= 15 is 0 Å². The average Bonchev–Trinajstić information content (AvgIpc) is 3.77. The van der Waals surface area contributed by atoms with Gasteiger partial charge in [0.15, 0.2) is 11.7 Å². The fourth-order valence-electron chi connectivity index (χ4n) is 4.08. The summed E-state index contributed by atoms with van der Waals surface area (Å²) < 4.78 is 47.8. The van der Waals surface area contributed by atoms with Gasteiger partial charge < -0.3 is 10.1 Å². The Labute approximate surface area is 234 Å². The molecular formula is C27H30F3N7O2S. The molecule has 2 aliphatic rings. The fourth-order valence-corrected chi connectivity index (χ4v) is 4.45. The highest BCUT2D eigenvalue weighted by atomic mass is 32.2. The van der Waals surface area contributed by atoms with Crippen LogP contribution in [0.4, 0.5) is 13.2 Å². The van der Waals surface area contributed by atoms with Crippen molar-refractivity contribution < 1.29 is 22.7 Å². The molecule has 1 aliphatic carbocycles. The summed E-state index contributed by atoms with van der Waals surface area (Å²) in [7, 11) is 1.43. The largest absolute Gasteiger partial charge is 0.480 e. The smallest absolute Gasteiger partial charge is 0.409 e. The number of nitrogens with zero attached hydrogens (tertiary/aromatic N) is 6. The van der Waals surface area contributed by atoms with E-state index < -0.39 is 18.1 Å². The number of alkyl halides is 3. The Balaban J connectivity index is 1.79. The summed E-state index contributed by atoms with van der Waals surface area (Å²) >= 11 is 1.48. The van der Waals surface area contributed by atoms with Crippen molar-refractivity contribution in [2.24, 2.45) is 9.98 Å². The molecule has 212 valence electrons. The molecule has 1 amide bonds. The summed E-state index contributed by atoms with van der Waals surface area (Å²) in [5, 5.41) is 3.74. The van der Waals surface area contributed by atoms with Gasteiger partial charge in [0.25, 0.3) is 5.91 Å². The zero-order valence-corrected chi connectivity index (χ0v) is 23.7. The van der Waals surface area contributed by atoms with Crippen LogP contribution in [0.25, 0.3) is 5.70 Å². The second-order valence-electron chi connectivity index (χ2n) is 9.57. The number of pyridine rings is 1. The van der Waals surface area contributed by atoms with Crippen LogP contribution in [0, 0.1) is 0 Å². The van der Waals surface area contributed by atoms with Crippen molar-refractivity contribution in [3.8, 4) is 5.88 Å². The van der Waals surface area contributed by atoms with Crippen LogP contribution in [0.1, 0.15) is 56.4 Å². The van der Waals surface area contributed by atoms with Crippen LogP contribution in [-0.4, -0.2) is 63.0 Å². The van der Waals surface area contributed by atoms with Crippen LogP contribution >= 0.6 is 11.8 Å². The van der Waals surface area contributed by atoms with E-state index in [9.17, 15) is 18.0 Å². The van der Waals surface area contributed by atoms with Crippen LogP contribution in [-0.2, 0) is 11.3 Å². The first-order valence-corrected chi connectivity index (χ1v) is 13.7. The topological polar surface area (TPSA) is 105 Å². The lowest BCUT2D eigenvalue weighted by molar-refractivity contribution is -0.173. The molecule has 1 atom stereocenters. The minimum Gasteiger partial charge on any atom is -0.480 e. The standard InChI is InChI=1S/C27H30F3N7O2S/c1-14(2)21-24(35-15(3)20-22(18-8-9-18)33-13-34-25(20)39-5)37(16(4)27(28,29)30)26(38)23(36-21)32-12-17-7-10-19(40-6)31-11-17/h7,10-11,13,16,18H,3,8-9,12H2,1-2,4-6H3,(H,32,36)/t16-/m0/s1. The Bertz CT molecular complexity index is 1400. The summed E-state index contributed by atoms with van der Waals surface area (Å²) in [5.74, 6) is -1.06. The third-order valence-corrected chi connectivity index (χ3v) is 7.09. The Morgan fingerprint density at radius 1 is 1.27 bits per heavy atom. The number of nitrogens with one attached hydrogen (secondary N) is 1. The average molecular weight is 574 g/mol. The van der Waals surface area contributed by atoms with E-state index in [1.165, 1.54) is 25.2 Å².